The molecule has 1 fully saturated rings. The van der Waals surface area contributed by atoms with Crippen molar-refractivity contribution in [3.63, 3.8) is 0 Å². The first-order valence-corrected chi connectivity index (χ1v) is 4.19. The highest BCUT2D eigenvalue weighted by atomic mass is 16.1. The molecule has 0 spiro atoms. The number of hydrogen-bond donors (Lipinski definition) is 0. The molecule has 0 bridgehead atoms. The van der Waals surface area contributed by atoms with Crippen molar-refractivity contribution < 1.29 is 4.79 Å². The van der Waals surface area contributed by atoms with Crippen LogP contribution in [0.15, 0.2) is 0 Å². The molecular weight excluding hydrogens is 124 g/mol. The molecule has 0 aromatic heterocycles. The standard InChI is InChI=1S/C9H16O/c1-7(2)9(6-10)5-8-3-4-8/h6-9H,3-5H2,1-2H3. The van der Waals surface area contributed by atoms with Crippen molar-refractivity contribution >= 4 is 6.29 Å². The van der Waals surface area contributed by atoms with Crippen LogP contribution < -0.4 is 0 Å². The van der Waals surface area contributed by atoms with Crippen LogP contribution in [0.4, 0.5) is 0 Å². The number of carbonyl (C=O) groups is 1. The van der Waals surface area contributed by atoms with E-state index in [0.717, 1.165) is 18.6 Å². The van der Waals surface area contributed by atoms with Gasteiger partial charge in [0.1, 0.15) is 6.29 Å². The monoisotopic (exact) mass is 140 g/mol. The molecule has 0 saturated heterocycles. The van der Waals surface area contributed by atoms with Crippen LogP contribution >= 0.6 is 0 Å². The zero-order valence-electron chi connectivity index (χ0n) is 6.84. The molecule has 0 aromatic rings. The first kappa shape index (κ1) is 7.77. The van der Waals surface area contributed by atoms with E-state index < -0.39 is 0 Å². The predicted molar refractivity (Wildman–Crippen MR) is 41.7 cm³/mol. The normalized spacial score (nSPS) is 21.1. The molecule has 1 atom stereocenters. The molecule has 1 heteroatoms. The first-order chi connectivity index (χ1) is 4.74. The van der Waals surface area contributed by atoms with Crippen molar-refractivity contribution in [3.8, 4) is 0 Å². The molecule has 1 aliphatic rings. The van der Waals surface area contributed by atoms with Crippen LogP contribution in [0.3, 0.4) is 0 Å². The topological polar surface area (TPSA) is 17.1 Å². The maximum absolute atomic E-state index is 10.5. The van der Waals surface area contributed by atoms with E-state index in [1.807, 2.05) is 0 Å². The van der Waals surface area contributed by atoms with E-state index in [2.05, 4.69) is 13.8 Å². The fraction of sp³-hybridized carbons (Fsp3) is 0.889. The zero-order chi connectivity index (χ0) is 7.56. The summed E-state index contributed by atoms with van der Waals surface area (Å²) in [7, 11) is 0. The molecule has 1 saturated carbocycles. The number of rotatable bonds is 4. The highest BCUT2D eigenvalue weighted by Crippen LogP contribution is 2.36. The van der Waals surface area contributed by atoms with E-state index in [-0.39, 0.29) is 0 Å². The molecule has 1 rings (SSSR count). The number of carbonyl (C=O) groups excluding carboxylic acids is 1. The highest BCUT2D eigenvalue weighted by Gasteiger charge is 2.26. The third kappa shape index (κ3) is 2.13. The molecule has 1 unspecified atom stereocenters. The third-order valence-corrected chi connectivity index (χ3v) is 2.33. The van der Waals surface area contributed by atoms with Gasteiger partial charge in [-0.1, -0.05) is 26.7 Å². The molecule has 0 radical (unpaired) electrons. The molecule has 0 N–H and O–H groups in total. The third-order valence-electron chi connectivity index (χ3n) is 2.33. The van der Waals surface area contributed by atoms with E-state index in [1.54, 1.807) is 0 Å². The van der Waals surface area contributed by atoms with Gasteiger partial charge in [-0.15, -0.1) is 0 Å². The van der Waals surface area contributed by atoms with Crippen molar-refractivity contribution in [1.29, 1.82) is 0 Å². The summed E-state index contributed by atoms with van der Waals surface area (Å²) >= 11 is 0. The largest absolute Gasteiger partial charge is 0.303 e. The summed E-state index contributed by atoms with van der Waals surface area (Å²) in [6.45, 7) is 4.25. The Hall–Kier alpha value is -0.330. The molecule has 0 amide bonds. The lowest BCUT2D eigenvalue weighted by atomic mass is 9.92. The van der Waals surface area contributed by atoms with Gasteiger partial charge < -0.3 is 4.79 Å². The molecule has 1 nitrogen and oxygen atoms in total. The maximum Gasteiger partial charge on any atom is 0.123 e. The summed E-state index contributed by atoms with van der Waals surface area (Å²) in [5.74, 6) is 1.75. The second kappa shape index (κ2) is 3.18. The van der Waals surface area contributed by atoms with Crippen molar-refractivity contribution in [3.05, 3.63) is 0 Å². The van der Waals surface area contributed by atoms with Gasteiger partial charge in [-0.3, -0.25) is 0 Å². The average Bonchev–Trinajstić information content (AvgIpc) is 2.64. The predicted octanol–water partition coefficient (Wildman–Crippen LogP) is 2.26. The van der Waals surface area contributed by atoms with Crippen LogP contribution in [0.25, 0.3) is 0 Å². The minimum Gasteiger partial charge on any atom is -0.303 e. The van der Waals surface area contributed by atoms with E-state index in [0.29, 0.717) is 11.8 Å². The van der Waals surface area contributed by atoms with E-state index >= 15 is 0 Å². The zero-order valence-corrected chi connectivity index (χ0v) is 6.84. The summed E-state index contributed by atoms with van der Waals surface area (Å²) in [5.41, 5.74) is 0. The van der Waals surface area contributed by atoms with Crippen LogP contribution in [0.2, 0.25) is 0 Å². The summed E-state index contributed by atoms with van der Waals surface area (Å²) in [4.78, 5) is 10.5. The molecule has 1 aliphatic carbocycles. The van der Waals surface area contributed by atoms with Gasteiger partial charge in [-0.05, 0) is 18.3 Å². The Morgan fingerprint density at radius 2 is 2.10 bits per heavy atom. The SMILES string of the molecule is CC(C)C(C=O)CC1CC1. The Bertz CT molecular complexity index is 114. The van der Waals surface area contributed by atoms with Crippen LogP contribution in [0.5, 0.6) is 0 Å². The van der Waals surface area contributed by atoms with Gasteiger partial charge in [0.05, 0.1) is 0 Å². The Morgan fingerprint density at radius 3 is 2.40 bits per heavy atom. The van der Waals surface area contributed by atoms with E-state index in [4.69, 9.17) is 0 Å². The fourth-order valence-electron chi connectivity index (χ4n) is 1.22. The molecule has 10 heavy (non-hydrogen) atoms. The Morgan fingerprint density at radius 1 is 1.50 bits per heavy atom. The van der Waals surface area contributed by atoms with Crippen LogP contribution in [-0.2, 0) is 4.79 Å². The lowest BCUT2D eigenvalue weighted by Crippen LogP contribution is -2.10. The molecular formula is C9H16O. The van der Waals surface area contributed by atoms with E-state index in [1.165, 1.54) is 12.8 Å². The quantitative estimate of drug-likeness (QED) is 0.547. The lowest BCUT2D eigenvalue weighted by molar-refractivity contribution is -0.112. The minimum atomic E-state index is 0.326. The van der Waals surface area contributed by atoms with Gasteiger partial charge >= 0.3 is 0 Å². The Kier molecular flexibility index (Phi) is 2.47. The molecule has 0 heterocycles. The van der Waals surface area contributed by atoms with Crippen molar-refractivity contribution in [2.24, 2.45) is 17.8 Å². The van der Waals surface area contributed by atoms with Crippen molar-refractivity contribution in [2.75, 3.05) is 0 Å². The fourth-order valence-corrected chi connectivity index (χ4v) is 1.22. The van der Waals surface area contributed by atoms with Gasteiger partial charge in [0.15, 0.2) is 0 Å². The lowest BCUT2D eigenvalue weighted by Gasteiger charge is -2.12. The van der Waals surface area contributed by atoms with Gasteiger partial charge in [-0.2, -0.15) is 0 Å². The second-order valence-electron chi connectivity index (χ2n) is 3.72. The number of hydrogen-bond acceptors (Lipinski definition) is 1. The van der Waals surface area contributed by atoms with Crippen molar-refractivity contribution in [2.45, 2.75) is 33.1 Å². The van der Waals surface area contributed by atoms with Gasteiger partial charge in [-0.25, -0.2) is 0 Å². The van der Waals surface area contributed by atoms with Gasteiger partial charge in [0.25, 0.3) is 0 Å². The summed E-state index contributed by atoms with van der Waals surface area (Å²) in [6.07, 6.45) is 4.98. The maximum atomic E-state index is 10.5. The van der Waals surface area contributed by atoms with Crippen LogP contribution in [0, 0.1) is 17.8 Å². The van der Waals surface area contributed by atoms with E-state index in [9.17, 15) is 4.79 Å². The number of aldehydes is 1. The second-order valence-corrected chi connectivity index (χ2v) is 3.72. The van der Waals surface area contributed by atoms with Crippen LogP contribution in [0.1, 0.15) is 33.1 Å². The Balaban J connectivity index is 2.24. The molecule has 58 valence electrons. The Labute approximate surface area is 62.8 Å². The van der Waals surface area contributed by atoms with Gasteiger partial charge in [0.2, 0.25) is 0 Å². The molecule has 0 aromatic carbocycles. The summed E-state index contributed by atoms with van der Waals surface area (Å²) in [5, 5.41) is 0. The van der Waals surface area contributed by atoms with Gasteiger partial charge in [0, 0.05) is 5.92 Å². The summed E-state index contributed by atoms with van der Waals surface area (Å²) < 4.78 is 0. The van der Waals surface area contributed by atoms with Crippen LogP contribution in [-0.4, -0.2) is 6.29 Å². The minimum absolute atomic E-state index is 0.326. The average molecular weight is 140 g/mol. The summed E-state index contributed by atoms with van der Waals surface area (Å²) in [6, 6.07) is 0. The molecule has 0 aliphatic heterocycles. The highest BCUT2D eigenvalue weighted by molar-refractivity contribution is 5.53. The van der Waals surface area contributed by atoms with Crippen molar-refractivity contribution in [1.82, 2.24) is 0 Å². The first-order valence-electron chi connectivity index (χ1n) is 4.19. The smallest absolute Gasteiger partial charge is 0.123 e.